The van der Waals surface area contributed by atoms with E-state index in [0.717, 1.165) is 11.0 Å². The number of hydrogen-bond acceptors (Lipinski definition) is 4. The third-order valence-corrected chi connectivity index (χ3v) is 6.00. The Bertz CT molecular complexity index is 885. The van der Waals surface area contributed by atoms with Crippen molar-refractivity contribution in [1.29, 1.82) is 0 Å². The van der Waals surface area contributed by atoms with Gasteiger partial charge in [0.05, 0.1) is 11.2 Å². The van der Waals surface area contributed by atoms with Crippen LogP contribution in [0.2, 0.25) is 0 Å². The molecular formula is C19H25BN2O4S. The molecule has 0 radical (unpaired) electrons. The van der Waals surface area contributed by atoms with Gasteiger partial charge in [-0.05, 0) is 50.9 Å². The fourth-order valence-corrected chi connectivity index (χ4v) is 3.58. The minimum Gasteiger partial charge on any atom is -0.399 e. The number of nitrogens with one attached hydrogen (secondary N) is 2. The highest BCUT2D eigenvalue weighted by molar-refractivity contribution is 7.90. The molecule has 1 heterocycles. The summed E-state index contributed by atoms with van der Waals surface area (Å²) in [7, 11) is -4.14. The van der Waals surface area contributed by atoms with Crippen LogP contribution in [0.25, 0.3) is 0 Å². The highest BCUT2D eigenvalue weighted by Gasteiger charge is 2.51. The van der Waals surface area contributed by atoms with E-state index < -0.39 is 28.5 Å². The molecule has 0 aromatic heterocycles. The summed E-state index contributed by atoms with van der Waals surface area (Å²) in [6.07, 6.45) is 0. The fraction of sp³-hybridized carbons (Fsp3) is 0.368. The number of para-hydroxylation sites is 1. The third kappa shape index (κ3) is 4.70. The molecule has 1 aliphatic heterocycles. The van der Waals surface area contributed by atoms with Gasteiger partial charge in [-0.2, -0.15) is 13.1 Å². The molecule has 0 atom stereocenters. The Morgan fingerprint density at radius 3 is 2.19 bits per heavy atom. The normalized spacial score (nSPS) is 18.4. The highest BCUT2D eigenvalue weighted by atomic mass is 32.2. The molecule has 0 unspecified atom stereocenters. The second kappa shape index (κ2) is 7.28. The number of rotatable bonds is 6. The van der Waals surface area contributed by atoms with Crippen molar-refractivity contribution in [2.24, 2.45) is 0 Å². The van der Waals surface area contributed by atoms with Gasteiger partial charge in [0.25, 0.3) is 10.2 Å². The minimum atomic E-state index is -3.66. The first kappa shape index (κ1) is 19.9. The average Bonchev–Trinajstić information content (AvgIpc) is 2.82. The first-order valence-electron chi connectivity index (χ1n) is 8.85. The van der Waals surface area contributed by atoms with Crippen molar-refractivity contribution in [1.82, 2.24) is 4.72 Å². The molecule has 0 amide bonds. The molecule has 0 saturated carbocycles. The summed E-state index contributed by atoms with van der Waals surface area (Å²) in [5, 5.41) is 0. The van der Waals surface area contributed by atoms with E-state index in [9.17, 15) is 8.42 Å². The standard InChI is InChI=1S/C19H25BN2O4S/c1-18(2)19(3,4)26-20(25-18)16-10-8-9-15(13-16)14-21-27(23,24)22-17-11-6-5-7-12-17/h5-13,21-22H,14H2,1-4H3. The topological polar surface area (TPSA) is 76.7 Å². The zero-order valence-corrected chi connectivity index (χ0v) is 16.8. The van der Waals surface area contributed by atoms with Crippen LogP contribution in [0.5, 0.6) is 0 Å². The summed E-state index contributed by atoms with van der Waals surface area (Å²) < 4.78 is 41.6. The van der Waals surface area contributed by atoms with Crippen molar-refractivity contribution < 1.29 is 17.7 Å². The first-order valence-corrected chi connectivity index (χ1v) is 10.3. The van der Waals surface area contributed by atoms with Gasteiger partial charge in [-0.1, -0.05) is 42.5 Å². The van der Waals surface area contributed by atoms with Crippen molar-refractivity contribution in [2.75, 3.05) is 4.72 Å². The first-order chi connectivity index (χ1) is 12.6. The van der Waals surface area contributed by atoms with Crippen LogP contribution in [0.15, 0.2) is 54.6 Å². The Hall–Kier alpha value is -1.87. The molecule has 2 aromatic carbocycles. The molecular weight excluding hydrogens is 363 g/mol. The summed E-state index contributed by atoms with van der Waals surface area (Å²) in [5.74, 6) is 0. The lowest BCUT2D eigenvalue weighted by molar-refractivity contribution is 0.00578. The molecule has 8 heteroatoms. The van der Waals surface area contributed by atoms with E-state index in [4.69, 9.17) is 9.31 Å². The summed E-state index contributed by atoms with van der Waals surface area (Å²) in [6.45, 7) is 8.16. The molecule has 1 aliphatic rings. The number of hydrogen-bond donors (Lipinski definition) is 2. The van der Waals surface area contributed by atoms with Crippen LogP contribution in [0, 0.1) is 0 Å². The third-order valence-electron chi connectivity index (χ3n) is 4.97. The van der Waals surface area contributed by atoms with Crippen molar-refractivity contribution >= 4 is 28.5 Å². The van der Waals surface area contributed by atoms with E-state index in [1.807, 2.05) is 58.0 Å². The van der Waals surface area contributed by atoms with Gasteiger partial charge in [0, 0.05) is 12.2 Å². The van der Waals surface area contributed by atoms with E-state index in [0.29, 0.717) is 5.69 Å². The molecule has 1 fully saturated rings. The molecule has 144 valence electrons. The van der Waals surface area contributed by atoms with Crippen molar-refractivity contribution in [3.8, 4) is 0 Å². The summed E-state index contributed by atoms with van der Waals surface area (Å²) in [6, 6.07) is 16.3. The average molecular weight is 388 g/mol. The lowest BCUT2D eigenvalue weighted by Crippen LogP contribution is -2.41. The molecule has 2 aromatic rings. The molecule has 1 saturated heterocycles. The van der Waals surface area contributed by atoms with E-state index in [1.54, 1.807) is 24.3 Å². The van der Waals surface area contributed by atoms with Gasteiger partial charge < -0.3 is 9.31 Å². The molecule has 0 bridgehead atoms. The number of benzene rings is 2. The zero-order valence-electron chi connectivity index (χ0n) is 16.0. The quantitative estimate of drug-likeness (QED) is 0.746. The lowest BCUT2D eigenvalue weighted by atomic mass is 9.78. The molecule has 6 nitrogen and oxygen atoms in total. The SMILES string of the molecule is CC1(C)OB(c2cccc(CNS(=O)(=O)Nc3ccccc3)c2)OC1(C)C. The summed E-state index contributed by atoms with van der Waals surface area (Å²) >= 11 is 0. The van der Waals surface area contributed by atoms with E-state index in [2.05, 4.69) is 9.44 Å². The second-order valence-electron chi connectivity index (χ2n) is 7.63. The van der Waals surface area contributed by atoms with Crippen LogP contribution in [0.4, 0.5) is 5.69 Å². The van der Waals surface area contributed by atoms with E-state index >= 15 is 0 Å². The lowest BCUT2D eigenvalue weighted by Gasteiger charge is -2.32. The predicted molar refractivity (Wildman–Crippen MR) is 108 cm³/mol. The molecule has 0 spiro atoms. The Balaban J connectivity index is 1.66. The molecule has 0 aliphatic carbocycles. The monoisotopic (exact) mass is 388 g/mol. The zero-order chi connectivity index (χ0) is 19.7. The van der Waals surface area contributed by atoms with Crippen LogP contribution in [0.3, 0.4) is 0 Å². The molecule has 3 rings (SSSR count). The highest BCUT2D eigenvalue weighted by Crippen LogP contribution is 2.36. The van der Waals surface area contributed by atoms with Crippen molar-refractivity contribution in [3.63, 3.8) is 0 Å². The smallest absolute Gasteiger partial charge is 0.399 e. The Morgan fingerprint density at radius 1 is 0.926 bits per heavy atom. The van der Waals surface area contributed by atoms with E-state index in [-0.39, 0.29) is 6.54 Å². The van der Waals surface area contributed by atoms with E-state index in [1.165, 1.54) is 0 Å². The van der Waals surface area contributed by atoms with Gasteiger partial charge in [0.15, 0.2) is 0 Å². The van der Waals surface area contributed by atoms with Crippen LogP contribution in [0.1, 0.15) is 33.3 Å². The Labute approximate surface area is 161 Å². The maximum atomic E-state index is 12.2. The molecule has 2 N–H and O–H groups in total. The maximum absolute atomic E-state index is 12.2. The van der Waals surface area contributed by atoms with Gasteiger partial charge in [0.2, 0.25) is 0 Å². The van der Waals surface area contributed by atoms with Crippen molar-refractivity contribution in [3.05, 3.63) is 60.2 Å². The Kier molecular flexibility index (Phi) is 5.36. The van der Waals surface area contributed by atoms with Crippen LogP contribution < -0.4 is 14.9 Å². The molecule has 27 heavy (non-hydrogen) atoms. The van der Waals surface area contributed by atoms with Crippen LogP contribution in [-0.4, -0.2) is 26.7 Å². The predicted octanol–water partition coefficient (Wildman–Crippen LogP) is 2.43. The minimum absolute atomic E-state index is 0.162. The second-order valence-corrected chi connectivity index (χ2v) is 9.13. The number of anilines is 1. The Morgan fingerprint density at radius 2 is 1.56 bits per heavy atom. The van der Waals surface area contributed by atoms with Gasteiger partial charge in [-0.3, -0.25) is 4.72 Å². The largest absolute Gasteiger partial charge is 0.494 e. The van der Waals surface area contributed by atoms with Gasteiger partial charge in [-0.25, -0.2) is 0 Å². The fourth-order valence-electron chi connectivity index (χ4n) is 2.70. The maximum Gasteiger partial charge on any atom is 0.494 e. The van der Waals surface area contributed by atoms with Crippen LogP contribution >= 0.6 is 0 Å². The van der Waals surface area contributed by atoms with Gasteiger partial charge in [-0.15, -0.1) is 0 Å². The van der Waals surface area contributed by atoms with Crippen LogP contribution in [-0.2, 0) is 26.1 Å². The van der Waals surface area contributed by atoms with Gasteiger partial charge in [0.1, 0.15) is 0 Å². The summed E-state index contributed by atoms with van der Waals surface area (Å²) in [5.41, 5.74) is 1.35. The van der Waals surface area contributed by atoms with Crippen molar-refractivity contribution in [2.45, 2.75) is 45.4 Å². The van der Waals surface area contributed by atoms with Gasteiger partial charge >= 0.3 is 7.12 Å². The summed E-state index contributed by atoms with van der Waals surface area (Å²) in [4.78, 5) is 0.